The summed E-state index contributed by atoms with van der Waals surface area (Å²) in [5.74, 6) is 0.591. The van der Waals surface area contributed by atoms with Gasteiger partial charge in [-0.25, -0.2) is 0 Å². The van der Waals surface area contributed by atoms with Gasteiger partial charge in [0.2, 0.25) is 0 Å². The van der Waals surface area contributed by atoms with Gasteiger partial charge in [0.1, 0.15) is 5.75 Å². The maximum Gasteiger partial charge on any atom is 0.251 e. The van der Waals surface area contributed by atoms with Crippen molar-refractivity contribution in [2.45, 2.75) is 19.5 Å². The Bertz CT molecular complexity index is 628. The standard InChI is InChI=1S/C16H19N3O2/c1-11(14-5-3-4-6-15(14)21-2)19-16(20)12-7-8-18-13(9-12)10-17/h3-9,11H,10,17H2,1-2H3,(H,19,20)/t11-/m1/s1. The molecule has 3 N–H and O–H groups in total. The molecule has 0 aliphatic rings. The first kappa shape index (κ1) is 15.0. The number of amides is 1. The van der Waals surface area contributed by atoms with Crippen LogP contribution in [-0.2, 0) is 6.54 Å². The van der Waals surface area contributed by atoms with Crippen molar-refractivity contribution in [1.82, 2.24) is 10.3 Å². The molecule has 1 amide bonds. The van der Waals surface area contributed by atoms with E-state index in [0.717, 1.165) is 11.3 Å². The van der Waals surface area contributed by atoms with E-state index >= 15 is 0 Å². The van der Waals surface area contributed by atoms with Crippen LogP contribution in [0.25, 0.3) is 0 Å². The molecule has 1 heterocycles. The Morgan fingerprint density at radius 3 is 2.86 bits per heavy atom. The SMILES string of the molecule is COc1ccccc1[C@@H](C)NC(=O)c1ccnc(CN)c1. The number of hydrogen-bond donors (Lipinski definition) is 2. The third kappa shape index (κ3) is 3.58. The lowest BCUT2D eigenvalue weighted by Gasteiger charge is -2.17. The molecule has 21 heavy (non-hydrogen) atoms. The number of rotatable bonds is 5. The molecule has 5 nitrogen and oxygen atoms in total. The molecule has 0 aliphatic carbocycles. The minimum absolute atomic E-state index is 0.162. The van der Waals surface area contributed by atoms with Crippen molar-refractivity contribution in [3.63, 3.8) is 0 Å². The lowest BCUT2D eigenvalue weighted by atomic mass is 10.1. The van der Waals surface area contributed by atoms with Gasteiger partial charge >= 0.3 is 0 Å². The lowest BCUT2D eigenvalue weighted by Crippen LogP contribution is -2.27. The van der Waals surface area contributed by atoms with Crippen LogP contribution in [0.4, 0.5) is 0 Å². The maximum absolute atomic E-state index is 12.3. The van der Waals surface area contributed by atoms with Crippen molar-refractivity contribution in [3.8, 4) is 5.75 Å². The van der Waals surface area contributed by atoms with Crippen LogP contribution in [0.2, 0.25) is 0 Å². The molecule has 0 spiro atoms. The summed E-state index contributed by atoms with van der Waals surface area (Å²) in [6.45, 7) is 2.23. The zero-order valence-electron chi connectivity index (χ0n) is 12.2. The average molecular weight is 285 g/mol. The van der Waals surface area contributed by atoms with E-state index in [1.165, 1.54) is 0 Å². The van der Waals surface area contributed by atoms with Crippen molar-refractivity contribution >= 4 is 5.91 Å². The minimum Gasteiger partial charge on any atom is -0.496 e. The molecule has 0 radical (unpaired) electrons. The van der Waals surface area contributed by atoms with E-state index in [0.29, 0.717) is 17.8 Å². The summed E-state index contributed by atoms with van der Waals surface area (Å²) >= 11 is 0. The molecule has 110 valence electrons. The number of pyridine rings is 1. The van der Waals surface area contributed by atoms with Gasteiger partial charge in [-0.15, -0.1) is 0 Å². The number of benzene rings is 1. The largest absolute Gasteiger partial charge is 0.496 e. The Balaban J connectivity index is 2.15. The number of methoxy groups -OCH3 is 1. The first-order valence-corrected chi connectivity index (χ1v) is 6.74. The predicted octanol–water partition coefficient (Wildman–Crippen LogP) is 2.04. The smallest absolute Gasteiger partial charge is 0.251 e. The summed E-state index contributed by atoms with van der Waals surface area (Å²) in [5, 5.41) is 2.95. The van der Waals surface area contributed by atoms with Gasteiger partial charge in [-0.3, -0.25) is 9.78 Å². The van der Waals surface area contributed by atoms with E-state index in [9.17, 15) is 4.79 Å². The monoisotopic (exact) mass is 285 g/mol. The molecule has 5 heteroatoms. The molecular weight excluding hydrogens is 266 g/mol. The van der Waals surface area contributed by atoms with Crippen LogP contribution in [0.1, 0.15) is 34.6 Å². The number of para-hydroxylation sites is 1. The lowest BCUT2D eigenvalue weighted by molar-refractivity contribution is 0.0939. The van der Waals surface area contributed by atoms with Gasteiger partial charge in [0.25, 0.3) is 5.91 Å². The summed E-state index contributed by atoms with van der Waals surface area (Å²) in [6.07, 6.45) is 1.59. The van der Waals surface area contributed by atoms with Gasteiger partial charge in [-0.1, -0.05) is 18.2 Å². The highest BCUT2D eigenvalue weighted by atomic mass is 16.5. The normalized spacial score (nSPS) is 11.8. The zero-order chi connectivity index (χ0) is 15.2. The zero-order valence-corrected chi connectivity index (χ0v) is 12.2. The fourth-order valence-electron chi connectivity index (χ4n) is 2.11. The fourth-order valence-corrected chi connectivity index (χ4v) is 2.11. The van der Waals surface area contributed by atoms with Gasteiger partial charge in [0.05, 0.1) is 18.8 Å². The summed E-state index contributed by atoms with van der Waals surface area (Å²) in [5.41, 5.74) is 7.71. The molecule has 1 atom stereocenters. The molecule has 0 aliphatic heterocycles. The third-order valence-corrected chi connectivity index (χ3v) is 3.24. The Morgan fingerprint density at radius 2 is 2.14 bits per heavy atom. The molecule has 0 bridgehead atoms. The summed E-state index contributed by atoms with van der Waals surface area (Å²) in [6, 6.07) is 10.8. The van der Waals surface area contributed by atoms with E-state index < -0.39 is 0 Å². The van der Waals surface area contributed by atoms with E-state index in [4.69, 9.17) is 10.5 Å². The number of aromatic nitrogens is 1. The van der Waals surface area contributed by atoms with Gasteiger partial charge in [0.15, 0.2) is 0 Å². The highest BCUT2D eigenvalue weighted by molar-refractivity contribution is 5.94. The van der Waals surface area contributed by atoms with E-state index in [-0.39, 0.29) is 11.9 Å². The quantitative estimate of drug-likeness (QED) is 0.881. The second-order valence-electron chi connectivity index (χ2n) is 4.68. The fraction of sp³-hybridized carbons (Fsp3) is 0.250. The second kappa shape index (κ2) is 6.85. The van der Waals surface area contributed by atoms with Crippen molar-refractivity contribution in [2.75, 3.05) is 7.11 Å². The highest BCUT2D eigenvalue weighted by Gasteiger charge is 2.15. The number of nitrogens with two attached hydrogens (primary N) is 1. The van der Waals surface area contributed by atoms with Gasteiger partial charge in [-0.05, 0) is 25.1 Å². The Labute approximate surface area is 124 Å². The topological polar surface area (TPSA) is 77.2 Å². The van der Waals surface area contributed by atoms with Crippen molar-refractivity contribution < 1.29 is 9.53 Å². The van der Waals surface area contributed by atoms with Gasteiger partial charge < -0.3 is 15.8 Å². The summed E-state index contributed by atoms with van der Waals surface area (Å²) in [4.78, 5) is 16.4. The third-order valence-electron chi connectivity index (χ3n) is 3.24. The number of carbonyl (C=O) groups excluding carboxylic acids is 1. The molecule has 0 fully saturated rings. The molecule has 1 aromatic carbocycles. The van der Waals surface area contributed by atoms with Crippen LogP contribution in [-0.4, -0.2) is 18.0 Å². The molecular formula is C16H19N3O2. The predicted molar refractivity (Wildman–Crippen MR) is 81.0 cm³/mol. The van der Waals surface area contributed by atoms with Crippen molar-refractivity contribution in [1.29, 1.82) is 0 Å². The summed E-state index contributed by atoms with van der Waals surface area (Å²) in [7, 11) is 1.61. The highest BCUT2D eigenvalue weighted by Crippen LogP contribution is 2.24. The van der Waals surface area contributed by atoms with Crippen LogP contribution < -0.4 is 15.8 Å². The Hall–Kier alpha value is -2.40. The first-order chi connectivity index (χ1) is 10.2. The molecule has 2 aromatic rings. The van der Waals surface area contributed by atoms with Crippen molar-refractivity contribution in [3.05, 3.63) is 59.4 Å². The molecule has 0 saturated carbocycles. The minimum atomic E-state index is -0.164. The van der Waals surface area contributed by atoms with E-state index in [1.54, 1.807) is 25.4 Å². The molecule has 0 saturated heterocycles. The number of nitrogens with one attached hydrogen (secondary N) is 1. The number of hydrogen-bond acceptors (Lipinski definition) is 4. The van der Waals surface area contributed by atoms with Crippen LogP contribution in [0.5, 0.6) is 5.75 Å². The average Bonchev–Trinajstić information content (AvgIpc) is 2.54. The van der Waals surface area contributed by atoms with Crippen LogP contribution >= 0.6 is 0 Å². The Morgan fingerprint density at radius 1 is 1.38 bits per heavy atom. The number of nitrogens with zero attached hydrogens (tertiary/aromatic N) is 1. The van der Waals surface area contributed by atoms with E-state index in [1.807, 2.05) is 31.2 Å². The molecule has 0 unspecified atom stereocenters. The van der Waals surface area contributed by atoms with Crippen molar-refractivity contribution in [2.24, 2.45) is 5.73 Å². The maximum atomic E-state index is 12.3. The number of carbonyl (C=O) groups is 1. The molecule has 2 rings (SSSR count). The van der Waals surface area contributed by atoms with Crippen LogP contribution in [0, 0.1) is 0 Å². The van der Waals surface area contributed by atoms with Crippen LogP contribution in [0.3, 0.4) is 0 Å². The van der Waals surface area contributed by atoms with Gasteiger partial charge in [-0.2, -0.15) is 0 Å². The number of ether oxygens (including phenoxy) is 1. The van der Waals surface area contributed by atoms with E-state index in [2.05, 4.69) is 10.3 Å². The van der Waals surface area contributed by atoms with Gasteiger partial charge in [0, 0.05) is 23.9 Å². The second-order valence-corrected chi connectivity index (χ2v) is 4.68. The van der Waals surface area contributed by atoms with Crippen LogP contribution in [0.15, 0.2) is 42.6 Å². The summed E-state index contributed by atoms with van der Waals surface area (Å²) < 4.78 is 5.31. The molecule has 1 aromatic heterocycles. The Kier molecular flexibility index (Phi) is 4.90. The first-order valence-electron chi connectivity index (χ1n) is 6.74.